The number of nitrogens with zero attached hydrogens (tertiary/aromatic N) is 2. The molecule has 0 unspecified atom stereocenters. The van der Waals surface area contributed by atoms with Crippen molar-refractivity contribution in [1.82, 2.24) is 5.06 Å². The quantitative estimate of drug-likeness (QED) is 0.466. The molecule has 0 amide bonds. The summed E-state index contributed by atoms with van der Waals surface area (Å²) in [6.45, 7) is 4.85. The summed E-state index contributed by atoms with van der Waals surface area (Å²) in [5.74, 6) is 0.821. The van der Waals surface area contributed by atoms with E-state index in [2.05, 4.69) is 24.9 Å². The van der Waals surface area contributed by atoms with Crippen LogP contribution in [0.4, 0.5) is 13.2 Å². The van der Waals surface area contributed by atoms with Crippen LogP contribution in [0.5, 0.6) is 5.75 Å². The van der Waals surface area contributed by atoms with Gasteiger partial charge in [0.2, 0.25) is 11.7 Å². The second kappa shape index (κ2) is 10.5. The second-order valence-electron chi connectivity index (χ2n) is 8.38. The maximum atomic E-state index is 13.0. The molecule has 0 saturated heterocycles. The molecule has 2 aromatic carbocycles. The third-order valence-corrected chi connectivity index (χ3v) is 5.44. The summed E-state index contributed by atoms with van der Waals surface area (Å²) in [4.78, 5) is 10.3. The third kappa shape index (κ3) is 5.90. The fourth-order valence-corrected chi connectivity index (χ4v) is 3.69. The number of guanidine groups is 1. The van der Waals surface area contributed by atoms with Crippen molar-refractivity contribution < 1.29 is 27.9 Å². The number of hydrogen-bond acceptors (Lipinski definition) is 6. The molecule has 0 aliphatic carbocycles. The Morgan fingerprint density at radius 1 is 1.21 bits per heavy atom. The van der Waals surface area contributed by atoms with Crippen LogP contribution < -0.4 is 10.5 Å². The number of hydroxylamine groups is 2. The topological polar surface area (TPSA) is 80.3 Å². The molecule has 2 aliphatic rings. The highest BCUT2D eigenvalue weighted by atomic mass is 19.4. The lowest BCUT2D eigenvalue weighted by molar-refractivity contribution is -0.183. The molecule has 0 bridgehead atoms. The molecular formula is C25H30F3N3O3. The Morgan fingerprint density at radius 2 is 1.94 bits per heavy atom. The minimum atomic E-state index is -4.40. The molecule has 0 aromatic heterocycles. The minimum absolute atomic E-state index is 0.238. The van der Waals surface area contributed by atoms with E-state index in [4.69, 9.17) is 20.4 Å². The Balaban J connectivity index is 0.000000350. The normalized spacial score (nSPS) is 19.0. The minimum Gasteiger partial charge on any atom is -0.493 e. The summed E-state index contributed by atoms with van der Waals surface area (Å²) in [7, 11) is 1.65. The van der Waals surface area contributed by atoms with E-state index in [1.807, 2.05) is 0 Å². The number of nitrogens with two attached hydrogens (primary N) is 1. The monoisotopic (exact) mass is 477 g/mol. The van der Waals surface area contributed by atoms with E-state index in [0.717, 1.165) is 25.0 Å². The molecule has 2 aliphatic heterocycles. The Morgan fingerprint density at radius 3 is 2.56 bits per heavy atom. The number of rotatable bonds is 4. The van der Waals surface area contributed by atoms with Crippen molar-refractivity contribution in [2.75, 3.05) is 20.3 Å². The van der Waals surface area contributed by atoms with Gasteiger partial charge in [-0.2, -0.15) is 13.2 Å². The molecule has 6 nitrogen and oxygen atoms in total. The highest BCUT2D eigenvalue weighted by Crippen LogP contribution is 2.45. The van der Waals surface area contributed by atoms with Crippen LogP contribution in [0.1, 0.15) is 44.2 Å². The lowest BCUT2D eigenvalue weighted by Crippen LogP contribution is -2.35. The van der Waals surface area contributed by atoms with Crippen LogP contribution in [-0.2, 0) is 16.7 Å². The van der Waals surface area contributed by atoms with Crippen LogP contribution in [0.2, 0.25) is 0 Å². The van der Waals surface area contributed by atoms with Gasteiger partial charge in [0, 0.05) is 20.1 Å². The summed E-state index contributed by atoms with van der Waals surface area (Å²) >= 11 is 0. The molecular weight excluding hydrogens is 447 g/mol. The molecule has 9 heteroatoms. The van der Waals surface area contributed by atoms with Crippen LogP contribution in [0.15, 0.2) is 59.1 Å². The third-order valence-electron chi connectivity index (χ3n) is 5.44. The molecule has 34 heavy (non-hydrogen) atoms. The highest BCUT2D eigenvalue weighted by molar-refractivity contribution is 5.79. The smallest absolute Gasteiger partial charge is 0.416 e. The Bertz CT molecular complexity index is 1060. The molecule has 0 fully saturated rings. The Kier molecular flexibility index (Phi) is 7.89. The average Bonchev–Trinajstić information content (AvgIpc) is 3.07. The zero-order chi connectivity index (χ0) is 24.9. The predicted molar refractivity (Wildman–Crippen MR) is 125 cm³/mol. The van der Waals surface area contributed by atoms with Crippen molar-refractivity contribution in [3.8, 4) is 16.9 Å². The number of unbranched alkanes of at least 4 members (excludes halogenated alkanes) is 1. The van der Waals surface area contributed by atoms with Gasteiger partial charge < -0.3 is 15.6 Å². The van der Waals surface area contributed by atoms with Crippen LogP contribution in [-0.4, -0.2) is 36.4 Å². The summed E-state index contributed by atoms with van der Waals surface area (Å²) in [5.41, 5.74) is 7.18. The van der Waals surface area contributed by atoms with Crippen molar-refractivity contribution in [2.45, 2.75) is 45.0 Å². The molecule has 184 valence electrons. The molecule has 1 spiro atoms. The first kappa shape index (κ1) is 25.6. The maximum absolute atomic E-state index is 13.0. The number of halogens is 3. The number of ether oxygens (including phenoxy) is 1. The van der Waals surface area contributed by atoms with Gasteiger partial charge >= 0.3 is 6.18 Å². The molecule has 1 atom stereocenters. The van der Waals surface area contributed by atoms with E-state index < -0.39 is 17.5 Å². The predicted octanol–water partition coefficient (Wildman–Crippen LogP) is 5.22. The van der Waals surface area contributed by atoms with Crippen molar-refractivity contribution in [2.24, 2.45) is 10.7 Å². The number of aliphatic imine (C=N–C) groups is 1. The fourth-order valence-electron chi connectivity index (χ4n) is 3.69. The van der Waals surface area contributed by atoms with Crippen LogP contribution in [0.3, 0.4) is 0 Å². The van der Waals surface area contributed by atoms with Crippen molar-refractivity contribution in [3.63, 3.8) is 0 Å². The number of benzene rings is 2. The first-order valence-electron chi connectivity index (χ1n) is 11.0. The van der Waals surface area contributed by atoms with Crippen molar-refractivity contribution in [1.29, 1.82) is 0 Å². The van der Waals surface area contributed by atoms with E-state index >= 15 is 0 Å². The molecule has 2 heterocycles. The van der Waals surface area contributed by atoms with Gasteiger partial charge in [0.25, 0.3) is 0 Å². The molecule has 0 radical (unpaired) electrons. The van der Waals surface area contributed by atoms with Gasteiger partial charge in [0.05, 0.1) is 17.7 Å². The Labute approximate surface area is 197 Å². The van der Waals surface area contributed by atoms with Gasteiger partial charge in [-0.15, -0.1) is 0 Å². The number of hydrogen-bond donors (Lipinski definition) is 2. The van der Waals surface area contributed by atoms with Gasteiger partial charge in [-0.3, -0.25) is 0 Å². The van der Waals surface area contributed by atoms with Crippen LogP contribution in [0.25, 0.3) is 11.1 Å². The Hall–Kier alpha value is -3.04. The van der Waals surface area contributed by atoms with Gasteiger partial charge in [0.15, 0.2) is 0 Å². The average molecular weight is 478 g/mol. The molecule has 2 aromatic rings. The lowest BCUT2D eigenvalue weighted by Gasteiger charge is -2.32. The summed E-state index contributed by atoms with van der Waals surface area (Å²) in [6, 6.07) is 10.4. The standard InChI is InChI=1S/C18H16F3N3O2.C7H14O/c1-24-16(22)23-17(26-24)7-8-25-15-6-5-12(10-14(15)17)11-3-2-4-13(9-11)18(19,20)21;1-7(2)5-3-4-6-8/h2-6,9-10H,7-8H2,1H3,(H2,22,23);5,8H,3-4,6H2,1-2H3/t17-;/m0./s1. The number of allylic oxidation sites excluding steroid dienone is 2. The molecule has 0 saturated carbocycles. The summed E-state index contributed by atoms with van der Waals surface area (Å²) in [5, 5.41) is 9.73. The summed E-state index contributed by atoms with van der Waals surface area (Å²) < 4.78 is 44.7. The molecule has 3 N–H and O–H groups in total. The largest absolute Gasteiger partial charge is 0.493 e. The first-order valence-corrected chi connectivity index (χ1v) is 11.0. The van der Waals surface area contributed by atoms with Crippen molar-refractivity contribution >= 4 is 5.96 Å². The van der Waals surface area contributed by atoms with Gasteiger partial charge in [0.1, 0.15) is 5.75 Å². The SMILES string of the molecule is CC(C)=CCCCO.CN1O[C@]2(CCOc3ccc(-c4cccc(C(F)(F)F)c4)cc32)N=C1N. The van der Waals surface area contributed by atoms with E-state index in [9.17, 15) is 13.2 Å². The number of fused-ring (bicyclic) bond motifs is 2. The summed E-state index contributed by atoms with van der Waals surface area (Å²) in [6.07, 6.45) is 0.0991. The number of aliphatic hydroxyl groups excluding tert-OH is 1. The zero-order valence-electron chi connectivity index (χ0n) is 19.5. The second-order valence-corrected chi connectivity index (χ2v) is 8.38. The maximum Gasteiger partial charge on any atom is 0.416 e. The van der Waals surface area contributed by atoms with Gasteiger partial charge in [-0.1, -0.05) is 29.8 Å². The zero-order valence-corrected chi connectivity index (χ0v) is 19.5. The van der Waals surface area contributed by atoms with Gasteiger partial charge in [-0.05, 0) is 62.1 Å². The van der Waals surface area contributed by atoms with E-state index in [0.29, 0.717) is 42.1 Å². The van der Waals surface area contributed by atoms with Crippen LogP contribution >= 0.6 is 0 Å². The lowest BCUT2D eigenvalue weighted by atomic mass is 9.92. The first-order chi connectivity index (χ1) is 16.1. The molecule has 4 rings (SSSR count). The number of aliphatic hydroxyl groups is 1. The highest BCUT2D eigenvalue weighted by Gasteiger charge is 2.45. The van der Waals surface area contributed by atoms with Crippen molar-refractivity contribution in [3.05, 3.63) is 65.2 Å². The fraction of sp³-hybridized carbons (Fsp3) is 0.400. The van der Waals surface area contributed by atoms with E-state index in [1.165, 1.54) is 16.7 Å². The van der Waals surface area contributed by atoms with Gasteiger partial charge in [-0.25, -0.2) is 14.9 Å². The number of alkyl halides is 3. The van der Waals surface area contributed by atoms with Crippen LogP contribution in [0, 0.1) is 0 Å². The van der Waals surface area contributed by atoms with E-state index in [-0.39, 0.29) is 5.96 Å². The van der Waals surface area contributed by atoms with E-state index in [1.54, 1.807) is 31.3 Å².